The Balaban J connectivity index is 1.57. The zero-order chi connectivity index (χ0) is 16.5. The van der Waals surface area contributed by atoms with E-state index in [0.717, 1.165) is 42.8 Å². The molecule has 1 fully saturated rings. The minimum atomic E-state index is 0.479. The predicted molar refractivity (Wildman–Crippen MR) is 99.6 cm³/mol. The fraction of sp³-hybridized carbons (Fsp3) is 0.250. The van der Waals surface area contributed by atoms with Gasteiger partial charge in [-0.1, -0.05) is 24.3 Å². The van der Waals surface area contributed by atoms with E-state index in [0.29, 0.717) is 5.92 Å². The lowest BCUT2D eigenvalue weighted by Crippen LogP contribution is -2.20. The summed E-state index contributed by atoms with van der Waals surface area (Å²) in [6.07, 6.45) is 5.03. The van der Waals surface area contributed by atoms with Crippen molar-refractivity contribution in [2.24, 2.45) is 0 Å². The van der Waals surface area contributed by atoms with Crippen LogP contribution in [0.4, 0.5) is 11.4 Å². The van der Waals surface area contributed by atoms with Gasteiger partial charge < -0.3 is 11.5 Å². The summed E-state index contributed by atoms with van der Waals surface area (Å²) in [5.74, 6) is 0.479. The molecule has 122 valence electrons. The van der Waals surface area contributed by atoms with Crippen molar-refractivity contribution in [3.8, 4) is 0 Å². The number of anilines is 2. The quantitative estimate of drug-likeness (QED) is 0.726. The van der Waals surface area contributed by atoms with Crippen molar-refractivity contribution in [3.05, 3.63) is 66.0 Å². The second kappa shape index (κ2) is 6.13. The molecule has 4 rings (SSSR count). The van der Waals surface area contributed by atoms with Crippen LogP contribution in [0.25, 0.3) is 10.8 Å². The second-order valence-corrected chi connectivity index (χ2v) is 6.64. The van der Waals surface area contributed by atoms with Gasteiger partial charge in [-0.25, -0.2) is 0 Å². The van der Waals surface area contributed by atoms with E-state index in [9.17, 15) is 0 Å². The summed E-state index contributed by atoms with van der Waals surface area (Å²) in [6.45, 7) is 3.06. The van der Waals surface area contributed by atoms with Crippen LogP contribution in [0.3, 0.4) is 0 Å². The summed E-state index contributed by atoms with van der Waals surface area (Å²) in [5.41, 5.74) is 16.4. The Kier molecular flexibility index (Phi) is 3.82. The summed E-state index contributed by atoms with van der Waals surface area (Å²) in [4.78, 5) is 6.91. The third-order valence-corrected chi connectivity index (χ3v) is 4.91. The van der Waals surface area contributed by atoms with Crippen molar-refractivity contribution in [3.63, 3.8) is 0 Å². The SMILES string of the molecule is Nc1cccc(CN2CCC(c3cncc4cccc(N)c34)C2)c1. The molecule has 1 unspecified atom stereocenters. The summed E-state index contributed by atoms with van der Waals surface area (Å²) in [7, 11) is 0. The van der Waals surface area contributed by atoms with Gasteiger partial charge >= 0.3 is 0 Å². The van der Waals surface area contributed by atoms with Crippen LogP contribution >= 0.6 is 0 Å². The molecule has 2 aromatic carbocycles. The molecule has 24 heavy (non-hydrogen) atoms. The topological polar surface area (TPSA) is 68.2 Å². The standard InChI is InChI=1S/C20H22N4/c21-17-5-1-3-14(9-17)12-24-8-7-16(13-24)18-11-23-10-15-4-2-6-19(22)20(15)18/h1-6,9-11,16H,7-8,12-13,21-22H2. The Morgan fingerprint density at radius 1 is 1.08 bits per heavy atom. The lowest BCUT2D eigenvalue weighted by molar-refractivity contribution is 0.327. The highest BCUT2D eigenvalue weighted by molar-refractivity contribution is 5.95. The maximum absolute atomic E-state index is 6.24. The third kappa shape index (κ3) is 2.81. The van der Waals surface area contributed by atoms with Crippen LogP contribution in [0.2, 0.25) is 0 Å². The van der Waals surface area contributed by atoms with Crippen molar-refractivity contribution in [1.82, 2.24) is 9.88 Å². The molecular formula is C20H22N4. The number of rotatable bonds is 3. The van der Waals surface area contributed by atoms with Gasteiger partial charge in [-0.3, -0.25) is 9.88 Å². The number of aromatic nitrogens is 1. The Hall–Kier alpha value is -2.59. The van der Waals surface area contributed by atoms with E-state index in [1.54, 1.807) is 0 Å². The monoisotopic (exact) mass is 318 g/mol. The van der Waals surface area contributed by atoms with Gasteiger partial charge in [-0.15, -0.1) is 0 Å². The van der Waals surface area contributed by atoms with E-state index >= 15 is 0 Å². The number of benzene rings is 2. The number of nitrogens with zero attached hydrogens (tertiary/aromatic N) is 2. The van der Waals surface area contributed by atoms with Crippen LogP contribution in [0.1, 0.15) is 23.5 Å². The lowest BCUT2D eigenvalue weighted by atomic mass is 9.94. The molecule has 1 aromatic heterocycles. The first kappa shape index (κ1) is 15.0. The first-order valence-corrected chi connectivity index (χ1v) is 8.39. The molecule has 1 aliphatic rings. The number of hydrogen-bond acceptors (Lipinski definition) is 4. The molecule has 3 aromatic rings. The summed E-state index contributed by atoms with van der Waals surface area (Å²) < 4.78 is 0. The largest absolute Gasteiger partial charge is 0.399 e. The highest BCUT2D eigenvalue weighted by atomic mass is 15.1. The third-order valence-electron chi connectivity index (χ3n) is 4.91. The van der Waals surface area contributed by atoms with E-state index in [2.05, 4.69) is 28.1 Å². The first-order valence-electron chi connectivity index (χ1n) is 8.39. The van der Waals surface area contributed by atoms with E-state index in [1.165, 1.54) is 16.5 Å². The molecule has 0 aliphatic carbocycles. The number of nitrogens with two attached hydrogens (primary N) is 2. The Morgan fingerprint density at radius 3 is 2.83 bits per heavy atom. The van der Waals surface area contributed by atoms with Crippen LogP contribution in [-0.2, 0) is 6.54 Å². The van der Waals surface area contributed by atoms with Crippen molar-refractivity contribution in [2.45, 2.75) is 18.9 Å². The minimum Gasteiger partial charge on any atom is -0.399 e. The van der Waals surface area contributed by atoms with Gasteiger partial charge in [0.15, 0.2) is 0 Å². The van der Waals surface area contributed by atoms with Gasteiger partial charge in [-0.2, -0.15) is 0 Å². The zero-order valence-electron chi connectivity index (χ0n) is 13.7. The Bertz CT molecular complexity index is 869. The molecule has 0 spiro atoms. The molecule has 1 atom stereocenters. The molecule has 0 amide bonds. The normalized spacial score (nSPS) is 18.2. The van der Waals surface area contributed by atoms with Crippen LogP contribution in [0.5, 0.6) is 0 Å². The van der Waals surface area contributed by atoms with Crippen molar-refractivity contribution >= 4 is 22.1 Å². The average Bonchev–Trinajstić information content (AvgIpc) is 3.03. The molecule has 2 heterocycles. The van der Waals surface area contributed by atoms with Gasteiger partial charge in [0.1, 0.15) is 0 Å². The zero-order valence-corrected chi connectivity index (χ0v) is 13.7. The molecule has 4 heteroatoms. The van der Waals surface area contributed by atoms with Crippen LogP contribution in [-0.4, -0.2) is 23.0 Å². The number of fused-ring (bicyclic) bond motifs is 1. The molecular weight excluding hydrogens is 296 g/mol. The van der Waals surface area contributed by atoms with Crippen LogP contribution in [0.15, 0.2) is 54.9 Å². The molecule has 0 radical (unpaired) electrons. The number of pyridine rings is 1. The highest BCUT2D eigenvalue weighted by Gasteiger charge is 2.26. The van der Waals surface area contributed by atoms with Gasteiger partial charge in [-0.05, 0) is 42.3 Å². The van der Waals surface area contributed by atoms with E-state index in [-0.39, 0.29) is 0 Å². The van der Waals surface area contributed by atoms with E-state index in [1.807, 2.05) is 36.7 Å². The van der Waals surface area contributed by atoms with Crippen molar-refractivity contribution in [1.29, 1.82) is 0 Å². The number of nitrogen functional groups attached to an aromatic ring is 2. The average molecular weight is 318 g/mol. The van der Waals surface area contributed by atoms with E-state index < -0.39 is 0 Å². The van der Waals surface area contributed by atoms with E-state index in [4.69, 9.17) is 11.5 Å². The molecule has 0 saturated carbocycles. The van der Waals surface area contributed by atoms with Gasteiger partial charge in [0.2, 0.25) is 0 Å². The van der Waals surface area contributed by atoms with Crippen molar-refractivity contribution in [2.75, 3.05) is 24.6 Å². The first-order chi connectivity index (χ1) is 11.7. The molecule has 1 aliphatic heterocycles. The molecule has 4 N–H and O–H groups in total. The van der Waals surface area contributed by atoms with Gasteiger partial charge in [0.05, 0.1) is 0 Å². The Labute approximate surface area is 142 Å². The number of likely N-dealkylation sites (tertiary alicyclic amines) is 1. The highest BCUT2D eigenvalue weighted by Crippen LogP contribution is 2.34. The van der Waals surface area contributed by atoms with Gasteiger partial charge in [0.25, 0.3) is 0 Å². The molecule has 0 bridgehead atoms. The predicted octanol–water partition coefficient (Wildman–Crippen LogP) is 3.39. The number of hydrogen-bond donors (Lipinski definition) is 2. The fourth-order valence-corrected chi connectivity index (χ4v) is 3.78. The summed E-state index contributed by atoms with van der Waals surface area (Å²) >= 11 is 0. The maximum Gasteiger partial charge on any atom is 0.0397 e. The van der Waals surface area contributed by atoms with Crippen molar-refractivity contribution < 1.29 is 0 Å². The van der Waals surface area contributed by atoms with Crippen LogP contribution < -0.4 is 11.5 Å². The Morgan fingerprint density at radius 2 is 1.96 bits per heavy atom. The fourth-order valence-electron chi connectivity index (χ4n) is 3.78. The maximum atomic E-state index is 6.24. The van der Waals surface area contributed by atoms with Crippen LogP contribution in [0, 0.1) is 0 Å². The lowest BCUT2D eigenvalue weighted by Gasteiger charge is -2.18. The van der Waals surface area contributed by atoms with Gasteiger partial charge in [0, 0.05) is 53.5 Å². The summed E-state index contributed by atoms with van der Waals surface area (Å²) in [5, 5.41) is 2.30. The smallest absolute Gasteiger partial charge is 0.0397 e. The molecule has 4 nitrogen and oxygen atoms in total. The second-order valence-electron chi connectivity index (χ2n) is 6.64. The minimum absolute atomic E-state index is 0.479. The summed E-state index contributed by atoms with van der Waals surface area (Å²) in [6, 6.07) is 14.2. The molecule has 1 saturated heterocycles.